The van der Waals surface area contributed by atoms with Crippen LogP contribution in [-0.2, 0) is 29.0 Å². The predicted octanol–water partition coefficient (Wildman–Crippen LogP) is 2.78. The zero-order valence-electron chi connectivity index (χ0n) is 17.5. The molecule has 0 saturated carbocycles. The molecule has 0 bridgehead atoms. The average Bonchev–Trinajstić information content (AvgIpc) is 3.28. The third kappa shape index (κ3) is 6.18. The van der Waals surface area contributed by atoms with E-state index in [0.717, 1.165) is 17.8 Å². The first-order valence-electron chi connectivity index (χ1n) is 10.1. The highest BCUT2D eigenvalue weighted by atomic mass is 32.1. The normalized spacial score (nSPS) is 14.5. The molecule has 0 unspecified atom stereocenters. The lowest BCUT2D eigenvalue weighted by atomic mass is 9.73. The average molecular weight is 457 g/mol. The summed E-state index contributed by atoms with van der Waals surface area (Å²) in [6.07, 6.45) is 4.64. The van der Waals surface area contributed by atoms with Crippen molar-refractivity contribution in [3.63, 3.8) is 0 Å². The van der Waals surface area contributed by atoms with Crippen LogP contribution in [0.4, 0.5) is 4.39 Å². The number of amides is 1. The van der Waals surface area contributed by atoms with E-state index in [1.807, 2.05) is 23.6 Å². The van der Waals surface area contributed by atoms with Crippen LogP contribution in [-0.4, -0.2) is 52.0 Å². The SMILES string of the molecule is O=C(NCCc1cscn1)C1(Cc2ccccc2F)CN(Cc2ccncc2)C1.O=CO. The Hall–Kier alpha value is -3.17. The molecule has 0 spiro atoms. The van der Waals surface area contributed by atoms with E-state index in [9.17, 15) is 9.18 Å². The standard InChI is InChI=1S/C22H23FN4OS.CH2O2/c23-20-4-2-1-3-18(20)11-22(21(28)25-10-7-19-13-29-16-26-19)14-27(15-22)12-17-5-8-24-9-6-17;2-1-3/h1-6,8-9,13,16H,7,10-12,14-15H2,(H,25,28);1H,(H,2,3). The minimum atomic E-state index is -0.614. The molecule has 168 valence electrons. The van der Waals surface area contributed by atoms with Crippen molar-refractivity contribution < 1.29 is 19.1 Å². The van der Waals surface area contributed by atoms with Crippen molar-refractivity contribution in [2.45, 2.75) is 19.4 Å². The Morgan fingerprint density at radius 1 is 1.25 bits per heavy atom. The molecule has 1 fully saturated rings. The summed E-state index contributed by atoms with van der Waals surface area (Å²) in [5, 5.41) is 11.9. The van der Waals surface area contributed by atoms with Crippen molar-refractivity contribution in [3.05, 3.63) is 82.3 Å². The van der Waals surface area contributed by atoms with Crippen molar-refractivity contribution in [2.24, 2.45) is 5.41 Å². The van der Waals surface area contributed by atoms with Gasteiger partial charge in [-0.15, -0.1) is 11.3 Å². The van der Waals surface area contributed by atoms with Crippen LogP contribution in [0, 0.1) is 11.2 Å². The molecule has 9 heteroatoms. The van der Waals surface area contributed by atoms with Gasteiger partial charge in [0, 0.05) is 50.4 Å². The molecule has 1 aromatic carbocycles. The second-order valence-corrected chi connectivity index (χ2v) is 8.36. The van der Waals surface area contributed by atoms with E-state index in [2.05, 4.69) is 20.2 Å². The van der Waals surface area contributed by atoms with Crippen molar-refractivity contribution in [3.8, 4) is 0 Å². The minimum Gasteiger partial charge on any atom is -0.483 e. The molecule has 32 heavy (non-hydrogen) atoms. The largest absolute Gasteiger partial charge is 0.483 e. The first kappa shape index (κ1) is 23.5. The van der Waals surface area contributed by atoms with Crippen LogP contribution in [0.3, 0.4) is 0 Å². The van der Waals surface area contributed by atoms with Crippen molar-refractivity contribution in [2.75, 3.05) is 19.6 Å². The fourth-order valence-corrected chi connectivity index (χ4v) is 4.46. The summed E-state index contributed by atoms with van der Waals surface area (Å²) in [6.45, 7) is 2.25. The molecule has 1 aliphatic rings. The maximum Gasteiger partial charge on any atom is 0.290 e. The third-order valence-corrected chi connectivity index (χ3v) is 5.96. The van der Waals surface area contributed by atoms with E-state index in [4.69, 9.17) is 9.90 Å². The summed E-state index contributed by atoms with van der Waals surface area (Å²) in [5.74, 6) is -0.267. The topological polar surface area (TPSA) is 95.4 Å². The molecule has 3 heterocycles. The number of rotatable bonds is 8. The number of benzene rings is 1. The van der Waals surface area contributed by atoms with E-state index in [1.54, 1.807) is 41.4 Å². The van der Waals surface area contributed by atoms with Gasteiger partial charge < -0.3 is 10.4 Å². The number of hydrogen-bond acceptors (Lipinski definition) is 6. The zero-order valence-corrected chi connectivity index (χ0v) is 18.3. The number of carbonyl (C=O) groups is 2. The minimum absolute atomic E-state index is 0.0121. The number of halogens is 1. The first-order chi connectivity index (χ1) is 15.6. The lowest BCUT2D eigenvalue weighted by Gasteiger charge is -2.49. The molecule has 2 aromatic heterocycles. The van der Waals surface area contributed by atoms with Crippen molar-refractivity contribution >= 4 is 23.7 Å². The Kier molecular flexibility index (Phi) is 8.41. The molecular formula is C23H25FN4O3S. The maximum absolute atomic E-state index is 14.3. The molecule has 4 rings (SSSR count). The lowest BCUT2D eigenvalue weighted by molar-refractivity contribution is -0.142. The van der Waals surface area contributed by atoms with Crippen LogP contribution in [0.2, 0.25) is 0 Å². The Morgan fingerprint density at radius 2 is 1.97 bits per heavy atom. The van der Waals surface area contributed by atoms with Crippen LogP contribution in [0.5, 0.6) is 0 Å². The van der Waals surface area contributed by atoms with E-state index in [-0.39, 0.29) is 18.2 Å². The zero-order chi connectivity index (χ0) is 22.8. The van der Waals surface area contributed by atoms with Gasteiger partial charge in [-0.25, -0.2) is 9.37 Å². The fourth-order valence-electron chi connectivity index (χ4n) is 3.86. The molecular weight excluding hydrogens is 431 g/mol. The molecule has 1 aliphatic heterocycles. The predicted molar refractivity (Wildman–Crippen MR) is 120 cm³/mol. The van der Waals surface area contributed by atoms with E-state index in [0.29, 0.717) is 38.0 Å². The number of aromatic nitrogens is 2. The van der Waals surface area contributed by atoms with E-state index in [1.165, 1.54) is 6.07 Å². The van der Waals surface area contributed by atoms with Gasteiger partial charge >= 0.3 is 0 Å². The van der Waals surface area contributed by atoms with Crippen LogP contribution in [0.1, 0.15) is 16.8 Å². The third-order valence-electron chi connectivity index (χ3n) is 5.33. The lowest BCUT2D eigenvalue weighted by Crippen LogP contribution is -2.64. The molecule has 1 amide bonds. The van der Waals surface area contributed by atoms with Gasteiger partial charge in [-0.3, -0.25) is 19.5 Å². The van der Waals surface area contributed by atoms with Crippen LogP contribution < -0.4 is 5.32 Å². The van der Waals surface area contributed by atoms with Gasteiger partial charge in [-0.2, -0.15) is 0 Å². The summed E-state index contributed by atoms with van der Waals surface area (Å²) in [4.78, 5) is 32.0. The summed E-state index contributed by atoms with van der Waals surface area (Å²) >= 11 is 1.55. The van der Waals surface area contributed by atoms with Gasteiger partial charge in [-0.1, -0.05) is 18.2 Å². The molecule has 1 saturated heterocycles. The smallest absolute Gasteiger partial charge is 0.290 e. The molecule has 2 N–H and O–H groups in total. The molecule has 0 atom stereocenters. The van der Waals surface area contributed by atoms with Crippen LogP contribution in [0.25, 0.3) is 0 Å². The summed E-state index contributed by atoms with van der Waals surface area (Å²) in [6, 6.07) is 10.7. The van der Waals surface area contributed by atoms with Crippen LogP contribution in [0.15, 0.2) is 59.7 Å². The Bertz CT molecular complexity index is 995. The van der Waals surface area contributed by atoms with Gasteiger partial charge in [0.1, 0.15) is 5.82 Å². The first-order valence-corrected chi connectivity index (χ1v) is 11.1. The van der Waals surface area contributed by atoms with Gasteiger partial charge in [0.2, 0.25) is 5.91 Å². The number of nitrogens with zero attached hydrogens (tertiary/aromatic N) is 3. The van der Waals surface area contributed by atoms with Crippen molar-refractivity contribution in [1.82, 2.24) is 20.2 Å². The number of thiazole rings is 1. The second kappa shape index (κ2) is 11.4. The fraction of sp³-hybridized carbons (Fsp3) is 0.304. The highest BCUT2D eigenvalue weighted by molar-refractivity contribution is 7.07. The monoisotopic (exact) mass is 456 g/mol. The molecule has 0 radical (unpaired) electrons. The van der Waals surface area contributed by atoms with Gasteiger partial charge in [-0.05, 0) is 35.7 Å². The quantitative estimate of drug-likeness (QED) is 0.506. The highest BCUT2D eigenvalue weighted by Gasteiger charge is 2.49. The Labute approximate surface area is 190 Å². The number of carboxylic acid groups (broad SMARTS) is 1. The number of likely N-dealkylation sites (tertiary alicyclic amines) is 1. The number of pyridine rings is 1. The summed E-state index contributed by atoms with van der Waals surface area (Å²) < 4.78 is 14.3. The van der Waals surface area contributed by atoms with E-state index >= 15 is 0 Å². The maximum atomic E-state index is 14.3. The molecule has 3 aromatic rings. The van der Waals surface area contributed by atoms with Gasteiger partial charge in [0.05, 0.1) is 16.6 Å². The van der Waals surface area contributed by atoms with Crippen LogP contribution >= 0.6 is 11.3 Å². The highest BCUT2D eigenvalue weighted by Crippen LogP contribution is 2.36. The number of carbonyl (C=O) groups excluding carboxylic acids is 1. The Morgan fingerprint density at radius 3 is 2.62 bits per heavy atom. The second-order valence-electron chi connectivity index (χ2n) is 7.64. The van der Waals surface area contributed by atoms with E-state index < -0.39 is 5.41 Å². The summed E-state index contributed by atoms with van der Waals surface area (Å²) in [5.41, 5.74) is 3.90. The number of hydrogen-bond donors (Lipinski definition) is 2. The molecule has 0 aliphatic carbocycles. The molecule has 7 nitrogen and oxygen atoms in total. The van der Waals surface area contributed by atoms with Gasteiger partial charge in [0.15, 0.2) is 0 Å². The van der Waals surface area contributed by atoms with Crippen molar-refractivity contribution in [1.29, 1.82) is 0 Å². The summed E-state index contributed by atoms with van der Waals surface area (Å²) in [7, 11) is 0. The van der Waals surface area contributed by atoms with Gasteiger partial charge in [0.25, 0.3) is 6.47 Å². The number of nitrogens with one attached hydrogen (secondary N) is 1. The Balaban J connectivity index is 0.000000913.